The lowest BCUT2D eigenvalue weighted by Gasteiger charge is -2.24. The Hall–Kier alpha value is -3.85. The third kappa shape index (κ3) is 4.59. The van der Waals surface area contributed by atoms with Crippen LogP contribution in [-0.4, -0.2) is 38.5 Å². The summed E-state index contributed by atoms with van der Waals surface area (Å²) in [6.45, 7) is 3.71. The molecule has 9 heteroatoms. The molecule has 0 fully saturated rings. The molecule has 1 aliphatic rings. The van der Waals surface area contributed by atoms with E-state index in [4.69, 9.17) is 18.9 Å². The Morgan fingerprint density at radius 2 is 1.74 bits per heavy atom. The zero-order valence-corrected chi connectivity index (χ0v) is 21.0. The highest BCUT2D eigenvalue weighted by Gasteiger charge is 2.33. The highest BCUT2D eigenvalue weighted by atomic mass is 32.1. The minimum atomic E-state index is -0.684. The number of ether oxygens (including phenoxy) is 4. The Morgan fingerprint density at radius 1 is 1.06 bits per heavy atom. The molecule has 0 unspecified atom stereocenters. The Morgan fingerprint density at radius 3 is 2.37 bits per heavy atom. The molecule has 0 saturated heterocycles. The standard InChI is InChI=1S/C26H26N2O6S/c1-6-34-25(30)22-15(2)27-26-28(23(22)16-7-10-18(31-3)11-8-16)24(29)21(35-26)13-17-9-12-19(32-4)14-20(17)33-5/h7-14,23H,6H2,1-5H3/b21-13-/t23-/m1/s1. The second-order valence-electron chi connectivity index (χ2n) is 7.68. The third-order valence-electron chi connectivity index (χ3n) is 5.68. The summed E-state index contributed by atoms with van der Waals surface area (Å²) in [5.41, 5.74) is 2.05. The van der Waals surface area contributed by atoms with E-state index in [9.17, 15) is 9.59 Å². The summed E-state index contributed by atoms with van der Waals surface area (Å²) in [5, 5.41) is 0. The molecule has 0 amide bonds. The maximum atomic E-state index is 13.7. The van der Waals surface area contributed by atoms with Crippen LogP contribution in [0.3, 0.4) is 0 Å². The number of nitrogens with zero attached hydrogens (tertiary/aromatic N) is 2. The number of allylic oxidation sites excluding steroid dienone is 1. The molecule has 8 nitrogen and oxygen atoms in total. The van der Waals surface area contributed by atoms with Crippen molar-refractivity contribution >= 4 is 23.4 Å². The van der Waals surface area contributed by atoms with Gasteiger partial charge in [0.05, 0.1) is 49.8 Å². The average molecular weight is 495 g/mol. The van der Waals surface area contributed by atoms with Gasteiger partial charge in [-0.25, -0.2) is 9.79 Å². The molecule has 4 rings (SSSR count). The molecule has 0 aliphatic carbocycles. The first kappa shape index (κ1) is 24.3. The Balaban J connectivity index is 1.93. The van der Waals surface area contributed by atoms with Crippen molar-refractivity contribution in [2.24, 2.45) is 4.99 Å². The van der Waals surface area contributed by atoms with Crippen LogP contribution in [0, 0.1) is 0 Å². The number of hydrogen-bond donors (Lipinski definition) is 0. The van der Waals surface area contributed by atoms with Crippen LogP contribution in [0.15, 0.2) is 63.5 Å². The first-order chi connectivity index (χ1) is 16.9. The largest absolute Gasteiger partial charge is 0.497 e. The zero-order valence-electron chi connectivity index (χ0n) is 20.2. The summed E-state index contributed by atoms with van der Waals surface area (Å²) in [6, 6.07) is 12.0. The van der Waals surface area contributed by atoms with E-state index in [1.165, 1.54) is 11.3 Å². The van der Waals surface area contributed by atoms with Crippen LogP contribution in [0.25, 0.3) is 6.08 Å². The van der Waals surface area contributed by atoms with Crippen molar-refractivity contribution in [2.75, 3.05) is 27.9 Å². The van der Waals surface area contributed by atoms with E-state index in [1.807, 2.05) is 18.2 Å². The van der Waals surface area contributed by atoms with Gasteiger partial charge in [-0.1, -0.05) is 23.5 Å². The van der Waals surface area contributed by atoms with Gasteiger partial charge in [-0.05, 0) is 49.8 Å². The SMILES string of the molecule is CCOC(=O)C1=C(C)N=c2s/c(=C\c3ccc(OC)cc3OC)c(=O)n2[C@@H]1c1ccc(OC)cc1. The van der Waals surface area contributed by atoms with Crippen LogP contribution in [0.2, 0.25) is 0 Å². The topological polar surface area (TPSA) is 88.4 Å². The second kappa shape index (κ2) is 10.2. The highest BCUT2D eigenvalue weighted by molar-refractivity contribution is 7.07. The molecule has 0 bridgehead atoms. The van der Waals surface area contributed by atoms with Crippen LogP contribution in [-0.2, 0) is 9.53 Å². The first-order valence-electron chi connectivity index (χ1n) is 11.0. The van der Waals surface area contributed by atoms with Gasteiger partial charge in [-0.3, -0.25) is 9.36 Å². The number of carbonyl (C=O) groups is 1. The number of aromatic nitrogens is 1. The lowest BCUT2D eigenvalue weighted by Crippen LogP contribution is -2.39. The lowest BCUT2D eigenvalue weighted by molar-refractivity contribution is -0.139. The molecule has 1 aromatic heterocycles. The van der Waals surface area contributed by atoms with Crippen molar-refractivity contribution in [1.29, 1.82) is 0 Å². The van der Waals surface area contributed by atoms with Crippen molar-refractivity contribution in [2.45, 2.75) is 19.9 Å². The second-order valence-corrected chi connectivity index (χ2v) is 8.69. The predicted molar refractivity (Wildman–Crippen MR) is 133 cm³/mol. The maximum Gasteiger partial charge on any atom is 0.338 e. The molecule has 35 heavy (non-hydrogen) atoms. The average Bonchev–Trinajstić information content (AvgIpc) is 3.17. The molecule has 0 spiro atoms. The smallest absolute Gasteiger partial charge is 0.338 e. The molecule has 2 aromatic carbocycles. The number of esters is 1. The number of carbonyl (C=O) groups excluding carboxylic acids is 1. The highest BCUT2D eigenvalue weighted by Crippen LogP contribution is 2.31. The van der Waals surface area contributed by atoms with Gasteiger partial charge in [0.15, 0.2) is 4.80 Å². The fourth-order valence-corrected chi connectivity index (χ4v) is 5.01. The van der Waals surface area contributed by atoms with Crippen molar-refractivity contribution in [1.82, 2.24) is 4.57 Å². The van der Waals surface area contributed by atoms with E-state index in [2.05, 4.69) is 4.99 Å². The maximum absolute atomic E-state index is 13.7. The molecular weight excluding hydrogens is 468 g/mol. The van der Waals surface area contributed by atoms with Crippen molar-refractivity contribution in [3.63, 3.8) is 0 Å². The Labute approximate surface area is 206 Å². The van der Waals surface area contributed by atoms with Crippen molar-refractivity contribution in [3.8, 4) is 17.2 Å². The van der Waals surface area contributed by atoms with E-state index in [-0.39, 0.29) is 12.2 Å². The minimum absolute atomic E-state index is 0.215. The van der Waals surface area contributed by atoms with Crippen LogP contribution >= 0.6 is 11.3 Å². The van der Waals surface area contributed by atoms with Gasteiger partial charge in [-0.2, -0.15) is 0 Å². The van der Waals surface area contributed by atoms with Gasteiger partial charge in [0.1, 0.15) is 17.2 Å². The molecule has 3 aromatic rings. The van der Waals surface area contributed by atoms with Gasteiger partial charge in [-0.15, -0.1) is 0 Å². The number of rotatable bonds is 7. The molecule has 182 valence electrons. The first-order valence-corrected chi connectivity index (χ1v) is 11.8. The van der Waals surface area contributed by atoms with Crippen LogP contribution in [0.5, 0.6) is 17.2 Å². The van der Waals surface area contributed by atoms with Crippen molar-refractivity contribution in [3.05, 3.63) is 84.5 Å². The number of thiazole rings is 1. The molecular formula is C26H26N2O6S. The van der Waals surface area contributed by atoms with Gasteiger partial charge in [0, 0.05) is 11.6 Å². The van der Waals surface area contributed by atoms with E-state index in [1.54, 1.807) is 70.1 Å². The minimum Gasteiger partial charge on any atom is -0.497 e. The fraction of sp³-hybridized carbons (Fsp3) is 0.269. The van der Waals surface area contributed by atoms with E-state index in [0.717, 1.165) is 11.1 Å². The van der Waals surface area contributed by atoms with E-state index >= 15 is 0 Å². The summed E-state index contributed by atoms with van der Waals surface area (Å²) >= 11 is 1.25. The molecule has 0 saturated carbocycles. The zero-order chi connectivity index (χ0) is 25.1. The normalized spacial score (nSPS) is 15.3. The monoisotopic (exact) mass is 494 g/mol. The van der Waals surface area contributed by atoms with E-state index in [0.29, 0.717) is 37.9 Å². The number of benzene rings is 2. The number of hydrogen-bond acceptors (Lipinski definition) is 8. The lowest BCUT2D eigenvalue weighted by atomic mass is 9.96. The van der Waals surface area contributed by atoms with Gasteiger partial charge in [0.25, 0.3) is 5.56 Å². The van der Waals surface area contributed by atoms with Crippen LogP contribution < -0.4 is 29.1 Å². The Kier molecular flexibility index (Phi) is 7.07. The summed E-state index contributed by atoms with van der Waals surface area (Å²) in [6.07, 6.45) is 1.76. The van der Waals surface area contributed by atoms with Gasteiger partial charge >= 0.3 is 5.97 Å². The summed E-state index contributed by atoms with van der Waals surface area (Å²) in [5.74, 6) is 1.40. The van der Waals surface area contributed by atoms with Crippen molar-refractivity contribution < 1.29 is 23.7 Å². The fourth-order valence-electron chi connectivity index (χ4n) is 3.97. The molecule has 1 aliphatic heterocycles. The molecule has 0 N–H and O–H groups in total. The van der Waals surface area contributed by atoms with Gasteiger partial charge < -0.3 is 18.9 Å². The summed E-state index contributed by atoms with van der Waals surface area (Å²) in [4.78, 5) is 31.8. The van der Waals surface area contributed by atoms with Crippen LogP contribution in [0.1, 0.15) is 31.0 Å². The quantitative estimate of drug-likeness (QED) is 0.470. The molecule has 2 heterocycles. The molecule has 0 radical (unpaired) electrons. The molecule has 1 atom stereocenters. The number of fused-ring (bicyclic) bond motifs is 1. The Bertz CT molecular complexity index is 1470. The third-order valence-corrected chi connectivity index (χ3v) is 6.66. The van der Waals surface area contributed by atoms with Crippen LogP contribution in [0.4, 0.5) is 0 Å². The van der Waals surface area contributed by atoms with Gasteiger partial charge in [0.2, 0.25) is 0 Å². The number of methoxy groups -OCH3 is 3. The summed E-state index contributed by atoms with van der Waals surface area (Å²) in [7, 11) is 4.72. The predicted octanol–water partition coefficient (Wildman–Crippen LogP) is 2.82. The van der Waals surface area contributed by atoms with E-state index < -0.39 is 12.0 Å². The summed E-state index contributed by atoms with van der Waals surface area (Å²) < 4.78 is 23.4.